The highest BCUT2D eigenvalue weighted by Crippen LogP contribution is 2.32. The Morgan fingerprint density at radius 1 is 1.26 bits per heavy atom. The molecule has 1 fully saturated rings. The third-order valence-electron chi connectivity index (χ3n) is 4.60. The van der Waals surface area contributed by atoms with Crippen LogP contribution in [0, 0.1) is 5.92 Å². The van der Waals surface area contributed by atoms with E-state index in [9.17, 15) is 13.2 Å². The quantitative estimate of drug-likeness (QED) is 0.840. The van der Waals surface area contributed by atoms with Crippen LogP contribution in [0.3, 0.4) is 0 Å². The van der Waals surface area contributed by atoms with E-state index in [-0.39, 0.29) is 18.4 Å². The Morgan fingerprint density at radius 2 is 1.91 bits per heavy atom. The summed E-state index contributed by atoms with van der Waals surface area (Å²) in [7, 11) is 0. The van der Waals surface area contributed by atoms with Gasteiger partial charge in [0, 0.05) is 12.6 Å². The Bertz CT molecular complexity index is 473. The van der Waals surface area contributed by atoms with Gasteiger partial charge in [-0.1, -0.05) is 19.1 Å². The van der Waals surface area contributed by atoms with Crippen molar-refractivity contribution in [3.8, 4) is 0 Å². The van der Waals surface area contributed by atoms with Crippen molar-refractivity contribution >= 4 is 12.4 Å². The first-order valence-electron chi connectivity index (χ1n) is 8.03. The molecule has 1 heterocycles. The zero-order valence-corrected chi connectivity index (χ0v) is 14.5. The first-order chi connectivity index (χ1) is 10.4. The molecule has 2 rings (SSSR count). The molecule has 1 unspecified atom stereocenters. The lowest BCUT2D eigenvalue weighted by molar-refractivity contribution is -0.137. The van der Waals surface area contributed by atoms with Gasteiger partial charge in [-0.2, -0.15) is 13.2 Å². The Balaban J connectivity index is 0.00000264. The van der Waals surface area contributed by atoms with Gasteiger partial charge in [-0.05, 0) is 63.0 Å². The molecular weight excluding hydrogens is 325 g/mol. The monoisotopic (exact) mass is 350 g/mol. The number of halogens is 4. The van der Waals surface area contributed by atoms with E-state index in [1.807, 2.05) is 6.92 Å². The molecule has 0 radical (unpaired) electrons. The highest BCUT2D eigenvalue weighted by atomic mass is 35.5. The summed E-state index contributed by atoms with van der Waals surface area (Å²) >= 11 is 0. The van der Waals surface area contributed by atoms with Crippen molar-refractivity contribution < 1.29 is 13.2 Å². The van der Waals surface area contributed by atoms with E-state index in [1.165, 1.54) is 12.1 Å². The average molecular weight is 351 g/mol. The number of nitrogens with zero attached hydrogens (tertiary/aromatic N) is 1. The SMILES string of the molecule is CCN(CC1CCNCC1)C(C)c1cccc(C(F)(F)F)c1.Cl. The number of rotatable bonds is 5. The van der Waals surface area contributed by atoms with Crippen LogP contribution in [0.5, 0.6) is 0 Å². The fraction of sp³-hybridized carbons (Fsp3) is 0.647. The second-order valence-corrected chi connectivity index (χ2v) is 6.08. The maximum atomic E-state index is 12.9. The van der Waals surface area contributed by atoms with Gasteiger partial charge in [-0.15, -0.1) is 12.4 Å². The summed E-state index contributed by atoms with van der Waals surface area (Å²) in [6.07, 6.45) is -1.99. The largest absolute Gasteiger partial charge is 0.416 e. The summed E-state index contributed by atoms with van der Waals surface area (Å²) in [5, 5.41) is 3.35. The van der Waals surface area contributed by atoms with Gasteiger partial charge >= 0.3 is 6.18 Å². The Kier molecular flexibility index (Phi) is 7.84. The number of hydrogen-bond acceptors (Lipinski definition) is 2. The molecule has 0 aromatic heterocycles. The summed E-state index contributed by atoms with van der Waals surface area (Å²) < 4.78 is 38.6. The molecule has 132 valence electrons. The number of hydrogen-bond donors (Lipinski definition) is 1. The zero-order chi connectivity index (χ0) is 16.2. The lowest BCUT2D eigenvalue weighted by Gasteiger charge is -2.33. The van der Waals surface area contributed by atoms with E-state index in [4.69, 9.17) is 0 Å². The average Bonchev–Trinajstić information content (AvgIpc) is 2.52. The molecule has 1 saturated heterocycles. The minimum absolute atomic E-state index is 0. The van der Waals surface area contributed by atoms with Crippen LogP contribution in [0.4, 0.5) is 13.2 Å². The third-order valence-corrected chi connectivity index (χ3v) is 4.60. The van der Waals surface area contributed by atoms with Gasteiger partial charge in [-0.3, -0.25) is 4.90 Å². The number of nitrogens with one attached hydrogen (secondary N) is 1. The smallest absolute Gasteiger partial charge is 0.317 e. The molecule has 0 saturated carbocycles. The number of alkyl halides is 3. The molecule has 23 heavy (non-hydrogen) atoms. The standard InChI is InChI=1S/C17H25F3N2.ClH/c1-3-22(12-14-7-9-21-10-8-14)13(2)15-5-4-6-16(11-15)17(18,19)20;/h4-6,11,13-14,21H,3,7-10,12H2,1-2H3;1H. The number of benzene rings is 1. The van der Waals surface area contributed by atoms with Gasteiger partial charge in [0.1, 0.15) is 0 Å². The highest BCUT2D eigenvalue weighted by molar-refractivity contribution is 5.85. The molecule has 6 heteroatoms. The van der Waals surface area contributed by atoms with E-state index in [0.29, 0.717) is 5.92 Å². The molecule has 1 atom stereocenters. The molecule has 0 aliphatic carbocycles. The van der Waals surface area contributed by atoms with Gasteiger partial charge in [0.25, 0.3) is 0 Å². The molecule has 1 aliphatic heterocycles. The van der Waals surface area contributed by atoms with E-state index in [1.54, 1.807) is 6.07 Å². The lowest BCUT2D eigenvalue weighted by atomic mass is 9.95. The van der Waals surface area contributed by atoms with E-state index in [0.717, 1.165) is 50.7 Å². The van der Waals surface area contributed by atoms with E-state index in [2.05, 4.69) is 17.1 Å². The van der Waals surface area contributed by atoms with Gasteiger partial charge in [-0.25, -0.2) is 0 Å². The molecule has 1 N–H and O–H groups in total. The fourth-order valence-corrected chi connectivity index (χ4v) is 3.14. The Labute approximate surface area is 142 Å². The molecule has 0 spiro atoms. The lowest BCUT2D eigenvalue weighted by Crippen LogP contribution is -2.37. The minimum atomic E-state index is -4.28. The molecule has 0 bridgehead atoms. The van der Waals surface area contributed by atoms with Gasteiger partial charge in [0.15, 0.2) is 0 Å². The molecule has 1 aromatic carbocycles. The van der Waals surface area contributed by atoms with Crippen molar-refractivity contribution in [1.82, 2.24) is 10.2 Å². The van der Waals surface area contributed by atoms with Crippen LogP contribution in [-0.4, -0.2) is 31.1 Å². The Morgan fingerprint density at radius 3 is 2.48 bits per heavy atom. The minimum Gasteiger partial charge on any atom is -0.317 e. The third kappa shape index (κ3) is 5.66. The maximum absolute atomic E-state index is 12.9. The molecule has 0 amide bonds. The van der Waals surface area contributed by atoms with Crippen LogP contribution in [0.15, 0.2) is 24.3 Å². The van der Waals surface area contributed by atoms with Crippen LogP contribution in [0.25, 0.3) is 0 Å². The van der Waals surface area contributed by atoms with Crippen molar-refractivity contribution in [1.29, 1.82) is 0 Å². The normalized spacial score (nSPS) is 17.8. The predicted octanol–water partition coefficient (Wildman–Crippen LogP) is 4.51. The first-order valence-corrected chi connectivity index (χ1v) is 8.03. The topological polar surface area (TPSA) is 15.3 Å². The Hall–Kier alpha value is -0.780. The van der Waals surface area contributed by atoms with E-state index < -0.39 is 11.7 Å². The predicted molar refractivity (Wildman–Crippen MR) is 89.9 cm³/mol. The fourth-order valence-electron chi connectivity index (χ4n) is 3.14. The van der Waals surface area contributed by atoms with Crippen molar-refractivity contribution in [2.24, 2.45) is 5.92 Å². The van der Waals surface area contributed by atoms with Crippen molar-refractivity contribution in [2.75, 3.05) is 26.2 Å². The van der Waals surface area contributed by atoms with Gasteiger partial charge in [0.2, 0.25) is 0 Å². The van der Waals surface area contributed by atoms with Crippen molar-refractivity contribution in [3.05, 3.63) is 35.4 Å². The molecule has 2 nitrogen and oxygen atoms in total. The van der Waals surface area contributed by atoms with Gasteiger partial charge < -0.3 is 5.32 Å². The van der Waals surface area contributed by atoms with Crippen LogP contribution < -0.4 is 5.32 Å². The summed E-state index contributed by atoms with van der Waals surface area (Å²) in [4.78, 5) is 2.28. The zero-order valence-electron chi connectivity index (χ0n) is 13.7. The van der Waals surface area contributed by atoms with Crippen LogP contribution in [-0.2, 0) is 6.18 Å². The van der Waals surface area contributed by atoms with Crippen molar-refractivity contribution in [2.45, 2.75) is 38.9 Å². The summed E-state index contributed by atoms with van der Waals surface area (Å²) in [6, 6.07) is 5.73. The molecule has 1 aromatic rings. The van der Waals surface area contributed by atoms with Crippen LogP contribution in [0.1, 0.15) is 43.9 Å². The molecule has 1 aliphatic rings. The second kappa shape index (κ2) is 8.90. The van der Waals surface area contributed by atoms with Crippen LogP contribution in [0.2, 0.25) is 0 Å². The highest BCUT2D eigenvalue weighted by Gasteiger charge is 2.31. The summed E-state index contributed by atoms with van der Waals surface area (Å²) in [5.41, 5.74) is 0.181. The van der Waals surface area contributed by atoms with Crippen LogP contribution >= 0.6 is 12.4 Å². The van der Waals surface area contributed by atoms with Crippen molar-refractivity contribution in [3.63, 3.8) is 0 Å². The van der Waals surface area contributed by atoms with E-state index >= 15 is 0 Å². The number of piperidine rings is 1. The first kappa shape index (κ1) is 20.3. The van der Waals surface area contributed by atoms with Gasteiger partial charge in [0.05, 0.1) is 5.56 Å². The molecular formula is C17H26ClF3N2. The maximum Gasteiger partial charge on any atom is 0.416 e. The second-order valence-electron chi connectivity index (χ2n) is 6.08. The summed E-state index contributed by atoms with van der Waals surface area (Å²) in [5.74, 6) is 0.634. The summed E-state index contributed by atoms with van der Waals surface area (Å²) in [6.45, 7) is 7.96.